The lowest BCUT2D eigenvalue weighted by Gasteiger charge is -1.96. The number of halogens is 2. The van der Waals surface area contributed by atoms with Crippen molar-refractivity contribution >= 4 is 22.8 Å². The summed E-state index contributed by atoms with van der Waals surface area (Å²) in [4.78, 5) is 14.9. The highest BCUT2D eigenvalue weighted by atomic mass is 35.5. The van der Waals surface area contributed by atoms with Gasteiger partial charge in [-0.15, -0.1) is 0 Å². The van der Waals surface area contributed by atoms with Gasteiger partial charge in [0, 0.05) is 0 Å². The fourth-order valence-corrected chi connectivity index (χ4v) is 1.70. The molecule has 0 atom stereocenters. The zero-order valence-corrected chi connectivity index (χ0v) is 9.24. The number of imidazole rings is 1. The molecule has 0 aliphatic heterocycles. The largest absolute Gasteiger partial charge is 0.335 e. The topological polar surface area (TPSA) is 54.5 Å². The second kappa shape index (κ2) is 3.78. The molecule has 3 rings (SSSR count). The summed E-state index contributed by atoms with van der Waals surface area (Å²) in [7, 11) is 0. The van der Waals surface area contributed by atoms with Gasteiger partial charge in [0.25, 0.3) is 0 Å². The molecule has 17 heavy (non-hydrogen) atoms. The second-order valence-electron chi connectivity index (χ2n) is 3.44. The summed E-state index contributed by atoms with van der Waals surface area (Å²) in [5, 5.41) is 0.115. The molecule has 84 valence electrons. The molecule has 0 aliphatic carbocycles. The first-order valence-corrected chi connectivity index (χ1v) is 5.25. The molecule has 1 N–H and O–H groups in total. The van der Waals surface area contributed by atoms with Gasteiger partial charge in [-0.1, -0.05) is 12.1 Å². The zero-order valence-electron chi connectivity index (χ0n) is 8.48. The van der Waals surface area contributed by atoms with E-state index in [2.05, 4.69) is 19.9 Å². The molecule has 1 aromatic carbocycles. The molecule has 0 spiro atoms. The first-order chi connectivity index (χ1) is 8.24. The van der Waals surface area contributed by atoms with E-state index in [-0.39, 0.29) is 11.1 Å². The minimum absolute atomic E-state index is 0.115. The molecular weight excluding hydrogens is 243 g/mol. The van der Waals surface area contributed by atoms with E-state index in [1.807, 2.05) is 0 Å². The Morgan fingerprint density at radius 1 is 1.18 bits per heavy atom. The number of aromatic nitrogens is 4. The normalized spacial score (nSPS) is 10.9. The molecule has 0 radical (unpaired) electrons. The van der Waals surface area contributed by atoms with Crippen molar-refractivity contribution in [3.05, 3.63) is 41.6 Å². The highest BCUT2D eigenvalue weighted by molar-refractivity contribution is 6.28. The van der Waals surface area contributed by atoms with E-state index in [0.29, 0.717) is 22.6 Å². The average molecular weight is 249 g/mol. The van der Waals surface area contributed by atoms with Gasteiger partial charge < -0.3 is 4.98 Å². The van der Waals surface area contributed by atoms with Gasteiger partial charge in [-0.2, -0.15) is 4.98 Å². The van der Waals surface area contributed by atoms with Gasteiger partial charge in [0.05, 0.1) is 11.8 Å². The monoisotopic (exact) mass is 248 g/mol. The lowest BCUT2D eigenvalue weighted by atomic mass is 10.2. The molecule has 0 bridgehead atoms. The number of nitrogens with one attached hydrogen (secondary N) is 1. The van der Waals surface area contributed by atoms with Crippen LogP contribution in [0.2, 0.25) is 5.28 Å². The SMILES string of the molecule is Fc1ccccc1-c1nc2nc(Cl)ncc2[nH]1. The van der Waals surface area contributed by atoms with E-state index in [0.717, 1.165) is 0 Å². The summed E-state index contributed by atoms with van der Waals surface area (Å²) in [6.07, 6.45) is 1.52. The van der Waals surface area contributed by atoms with Gasteiger partial charge in [-0.3, -0.25) is 0 Å². The van der Waals surface area contributed by atoms with Crippen molar-refractivity contribution in [3.63, 3.8) is 0 Å². The predicted octanol–water partition coefficient (Wildman–Crippen LogP) is 2.81. The van der Waals surface area contributed by atoms with Crippen LogP contribution in [0.25, 0.3) is 22.6 Å². The van der Waals surface area contributed by atoms with Crippen LogP contribution in [-0.2, 0) is 0 Å². The third-order valence-electron chi connectivity index (χ3n) is 2.34. The molecule has 4 nitrogen and oxygen atoms in total. The summed E-state index contributed by atoms with van der Waals surface area (Å²) < 4.78 is 13.6. The number of H-pyrrole nitrogens is 1. The average Bonchev–Trinajstić information content (AvgIpc) is 2.72. The number of aromatic amines is 1. The van der Waals surface area contributed by atoms with E-state index in [4.69, 9.17) is 11.6 Å². The number of benzene rings is 1. The first kappa shape index (κ1) is 10.2. The Morgan fingerprint density at radius 2 is 2.00 bits per heavy atom. The lowest BCUT2D eigenvalue weighted by Crippen LogP contribution is -1.85. The smallest absolute Gasteiger partial charge is 0.224 e. The minimum Gasteiger partial charge on any atom is -0.335 e. The van der Waals surface area contributed by atoms with Gasteiger partial charge in [0.15, 0.2) is 5.65 Å². The lowest BCUT2D eigenvalue weighted by molar-refractivity contribution is 0.630. The maximum atomic E-state index is 13.6. The van der Waals surface area contributed by atoms with E-state index < -0.39 is 0 Å². The summed E-state index contributed by atoms with van der Waals surface area (Å²) >= 11 is 5.66. The van der Waals surface area contributed by atoms with Crippen molar-refractivity contribution in [1.29, 1.82) is 0 Å². The van der Waals surface area contributed by atoms with Crippen LogP contribution in [0.3, 0.4) is 0 Å². The van der Waals surface area contributed by atoms with E-state index >= 15 is 0 Å². The number of rotatable bonds is 1. The highest BCUT2D eigenvalue weighted by Gasteiger charge is 2.10. The van der Waals surface area contributed by atoms with Crippen molar-refractivity contribution < 1.29 is 4.39 Å². The Morgan fingerprint density at radius 3 is 2.82 bits per heavy atom. The Labute approximate surface area is 101 Å². The summed E-state index contributed by atoms with van der Waals surface area (Å²) in [5.74, 6) is 0.0697. The minimum atomic E-state index is -0.342. The van der Waals surface area contributed by atoms with Crippen molar-refractivity contribution in [2.24, 2.45) is 0 Å². The maximum absolute atomic E-state index is 13.6. The fraction of sp³-hybridized carbons (Fsp3) is 0. The summed E-state index contributed by atoms with van der Waals surface area (Å²) in [6.45, 7) is 0. The van der Waals surface area contributed by atoms with Gasteiger partial charge in [-0.05, 0) is 23.7 Å². The van der Waals surface area contributed by atoms with Crippen LogP contribution in [0.15, 0.2) is 30.5 Å². The molecule has 6 heteroatoms. The molecule has 0 aliphatic rings. The van der Waals surface area contributed by atoms with E-state index in [1.54, 1.807) is 18.2 Å². The first-order valence-electron chi connectivity index (χ1n) is 4.87. The Hall–Kier alpha value is -2.01. The van der Waals surface area contributed by atoms with Crippen molar-refractivity contribution in [1.82, 2.24) is 19.9 Å². The molecule has 3 aromatic rings. The molecular formula is C11H6ClFN4. The molecule has 0 saturated heterocycles. The molecule has 0 amide bonds. The van der Waals surface area contributed by atoms with Crippen LogP contribution in [-0.4, -0.2) is 19.9 Å². The Balaban J connectivity index is 2.22. The number of hydrogen-bond acceptors (Lipinski definition) is 3. The highest BCUT2D eigenvalue weighted by Crippen LogP contribution is 2.21. The van der Waals surface area contributed by atoms with Gasteiger partial charge in [0.2, 0.25) is 5.28 Å². The number of nitrogens with zero attached hydrogens (tertiary/aromatic N) is 3. The van der Waals surface area contributed by atoms with E-state index in [1.165, 1.54) is 12.3 Å². The molecule has 0 fully saturated rings. The Bertz CT molecular complexity index is 695. The maximum Gasteiger partial charge on any atom is 0.224 e. The van der Waals surface area contributed by atoms with Gasteiger partial charge >= 0.3 is 0 Å². The van der Waals surface area contributed by atoms with Crippen LogP contribution < -0.4 is 0 Å². The molecule has 0 unspecified atom stereocenters. The third kappa shape index (κ3) is 1.74. The van der Waals surface area contributed by atoms with Crippen molar-refractivity contribution in [2.75, 3.05) is 0 Å². The second-order valence-corrected chi connectivity index (χ2v) is 3.78. The quantitative estimate of drug-likeness (QED) is 0.674. The van der Waals surface area contributed by atoms with Crippen LogP contribution in [0, 0.1) is 5.82 Å². The molecule has 2 heterocycles. The Kier molecular flexibility index (Phi) is 2.26. The van der Waals surface area contributed by atoms with Gasteiger partial charge in [0.1, 0.15) is 17.2 Å². The van der Waals surface area contributed by atoms with Crippen LogP contribution >= 0.6 is 11.6 Å². The summed E-state index contributed by atoms with van der Waals surface area (Å²) in [5.41, 5.74) is 1.43. The fourth-order valence-electron chi connectivity index (χ4n) is 1.57. The van der Waals surface area contributed by atoms with Crippen LogP contribution in [0.1, 0.15) is 0 Å². The van der Waals surface area contributed by atoms with E-state index in [9.17, 15) is 4.39 Å². The standard InChI is InChI=1S/C11H6ClFN4/c12-11-14-5-8-10(17-11)16-9(15-8)6-3-1-2-4-7(6)13/h1-5H,(H,14,15,16,17). The predicted molar refractivity (Wildman–Crippen MR) is 62.1 cm³/mol. The summed E-state index contributed by atoms with van der Waals surface area (Å²) in [6, 6.07) is 6.38. The molecule has 0 saturated carbocycles. The number of fused-ring (bicyclic) bond motifs is 1. The van der Waals surface area contributed by atoms with Crippen LogP contribution in [0.4, 0.5) is 4.39 Å². The van der Waals surface area contributed by atoms with Gasteiger partial charge in [-0.25, -0.2) is 14.4 Å². The zero-order chi connectivity index (χ0) is 11.8. The molecule has 2 aromatic heterocycles. The van der Waals surface area contributed by atoms with Crippen LogP contribution in [0.5, 0.6) is 0 Å². The number of hydrogen-bond donors (Lipinski definition) is 1. The third-order valence-corrected chi connectivity index (χ3v) is 2.52. The van der Waals surface area contributed by atoms with Crippen molar-refractivity contribution in [2.45, 2.75) is 0 Å². The van der Waals surface area contributed by atoms with Crippen molar-refractivity contribution in [3.8, 4) is 11.4 Å².